The zero-order chi connectivity index (χ0) is 16.9. The van der Waals surface area contributed by atoms with E-state index < -0.39 is 5.82 Å². The molecule has 0 bridgehead atoms. The Labute approximate surface area is 145 Å². The van der Waals surface area contributed by atoms with Crippen LogP contribution in [0.1, 0.15) is 27.6 Å². The summed E-state index contributed by atoms with van der Waals surface area (Å²) in [5.74, 6) is 0.409. The molecule has 1 atom stereocenters. The lowest BCUT2D eigenvalue weighted by Gasteiger charge is -2.20. The molecule has 1 saturated heterocycles. The molecule has 2 aromatic rings. The van der Waals surface area contributed by atoms with Crippen molar-refractivity contribution in [1.82, 2.24) is 4.90 Å². The fraction of sp³-hybridized carbons (Fsp3) is 0.316. The second-order valence-electron chi connectivity index (χ2n) is 5.70. The van der Waals surface area contributed by atoms with E-state index in [2.05, 4.69) is 12.1 Å². The fourth-order valence-electron chi connectivity index (χ4n) is 2.89. The molecular weight excluding hydrogens is 325 g/mol. The van der Waals surface area contributed by atoms with Crippen LogP contribution in [0.15, 0.2) is 48.5 Å². The molecule has 0 aliphatic carbocycles. The summed E-state index contributed by atoms with van der Waals surface area (Å²) in [5.41, 5.74) is 1.67. The summed E-state index contributed by atoms with van der Waals surface area (Å²) in [6.45, 7) is 1.36. The number of halogens is 1. The van der Waals surface area contributed by atoms with E-state index in [-0.39, 0.29) is 11.7 Å². The molecule has 1 heterocycles. The van der Waals surface area contributed by atoms with E-state index in [1.54, 1.807) is 6.07 Å². The van der Waals surface area contributed by atoms with Gasteiger partial charge in [0.15, 0.2) is 11.6 Å². The summed E-state index contributed by atoms with van der Waals surface area (Å²) in [6, 6.07) is 14.8. The van der Waals surface area contributed by atoms with Gasteiger partial charge in [-0.3, -0.25) is 4.79 Å². The molecule has 0 unspecified atom stereocenters. The minimum absolute atomic E-state index is 0.120. The van der Waals surface area contributed by atoms with Gasteiger partial charge in [0, 0.05) is 29.7 Å². The van der Waals surface area contributed by atoms with Crippen molar-refractivity contribution in [3.8, 4) is 5.75 Å². The van der Waals surface area contributed by atoms with Crippen molar-refractivity contribution in [2.45, 2.75) is 11.7 Å². The highest BCUT2D eigenvalue weighted by atomic mass is 32.2. The van der Waals surface area contributed by atoms with Crippen LogP contribution >= 0.6 is 11.8 Å². The van der Waals surface area contributed by atoms with E-state index in [9.17, 15) is 9.18 Å². The molecule has 1 aliphatic rings. The monoisotopic (exact) mass is 345 g/mol. The molecule has 3 rings (SSSR count). The Bertz CT molecular complexity index is 708. The smallest absolute Gasteiger partial charge is 0.253 e. The lowest BCUT2D eigenvalue weighted by atomic mass is 10.1. The maximum absolute atomic E-state index is 13.8. The van der Waals surface area contributed by atoms with Gasteiger partial charge in [0.25, 0.3) is 5.91 Å². The van der Waals surface area contributed by atoms with Gasteiger partial charge in [0.2, 0.25) is 0 Å². The van der Waals surface area contributed by atoms with Gasteiger partial charge in [-0.1, -0.05) is 30.3 Å². The number of carbonyl (C=O) groups is 1. The van der Waals surface area contributed by atoms with E-state index in [4.69, 9.17) is 4.74 Å². The quantitative estimate of drug-likeness (QED) is 0.837. The van der Waals surface area contributed by atoms with Crippen LogP contribution in [0.25, 0.3) is 0 Å². The average Bonchev–Trinajstić information content (AvgIpc) is 2.88. The lowest BCUT2D eigenvalue weighted by molar-refractivity contribution is 0.0766. The van der Waals surface area contributed by atoms with Crippen molar-refractivity contribution in [3.63, 3.8) is 0 Å². The third-order valence-electron chi connectivity index (χ3n) is 4.20. The SMILES string of the molecule is COc1ccc(C(=O)N2CCS[C@H](c3ccccc3)CC2)cc1F. The zero-order valence-corrected chi connectivity index (χ0v) is 14.4. The second-order valence-corrected chi connectivity index (χ2v) is 7.01. The molecule has 2 aromatic carbocycles. The van der Waals surface area contributed by atoms with Crippen LogP contribution in [-0.2, 0) is 0 Å². The standard InChI is InChI=1S/C19H20FNO2S/c1-23-17-8-7-15(13-16(17)20)19(22)21-10-9-18(24-12-11-21)14-5-3-2-4-6-14/h2-8,13,18H,9-12H2,1H3/t18-/m0/s1. The molecule has 0 N–H and O–H groups in total. The Morgan fingerprint density at radius 2 is 2.00 bits per heavy atom. The van der Waals surface area contributed by atoms with Crippen LogP contribution in [0.5, 0.6) is 5.75 Å². The molecule has 3 nitrogen and oxygen atoms in total. The summed E-state index contributed by atoms with van der Waals surface area (Å²) in [5, 5.41) is 0.400. The number of rotatable bonds is 3. The maximum atomic E-state index is 13.8. The predicted molar refractivity (Wildman–Crippen MR) is 95.1 cm³/mol. The van der Waals surface area contributed by atoms with Gasteiger partial charge in [-0.2, -0.15) is 11.8 Å². The number of carbonyl (C=O) groups excluding carboxylic acids is 1. The van der Waals surface area contributed by atoms with Crippen molar-refractivity contribution in [1.29, 1.82) is 0 Å². The largest absolute Gasteiger partial charge is 0.494 e. The minimum Gasteiger partial charge on any atom is -0.494 e. The zero-order valence-electron chi connectivity index (χ0n) is 13.6. The minimum atomic E-state index is -0.505. The van der Waals surface area contributed by atoms with Crippen molar-refractivity contribution >= 4 is 17.7 Å². The third kappa shape index (κ3) is 3.73. The van der Waals surface area contributed by atoms with E-state index in [0.29, 0.717) is 23.9 Å². The predicted octanol–water partition coefficient (Wildman–Crippen LogP) is 4.15. The van der Waals surface area contributed by atoms with Gasteiger partial charge in [-0.15, -0.1) is 0 Å². The normalized spacial score (nSPS) is 18.1. The first kappa shape index (κ1) is 16.8. The number of methoxy groups -OCH3 is 1. The summed E-state index contributed by atoms with van der Waals surface area (Å²) in [7, 11) is 1.41. The number of benzene rings is 2. The topological polar surface area (TPSA) is 29.5 Å². The molecule has 1 amide bonds. The highest BCUT2D eigenvalue weighted by Gasteiger charge is 2.23. The molecular formula is C19H20FNO2S. The number of ether oxygens (including phenoxy) is 1. The van der Waals surface area contributed by atoms with Gasteiger partial charge in [-0.05, 0) is 30.2 Å². The van der Waals surface area contributed by atoms with Crippen LogP contribution in [0.4, 0.5) is 4.39 Å². The van der Waals surface area contributed by atoms with E-state index in [0.717, 1.165) is 12.2 Å². The van der Waals surface area contributed by atoms with Crippen molar-refractivity contribution < 1.29 is 13.9 Å². The maximum Gasteiger partial charge on any atom is 0.253 e. The van der Waals surface area contributed by atoms with E-state index in [1.807, 2.05) is 34.9 Å². The third-order valence-corrected chi connectivity index (χ3v) is 5.53. The van der Waals surface area contributed by atoms with Crippen LogP contribution < -0.4 is 4.74 Å². The average molecular weight is 345 g/mol. The first-order valence-corrected chi connectivity index (χ1v) is 9.03. The molecule has 5 heteroatoms. The van der Waals surface area contributed by atoms with E-state index in [1.165, 1.54) is 24.8 Å². The number of nitrogens with zero attached hydrogens (tertiary/aromatic N) is 1. The summed E-state index contributed by atoms with van der Waals surface area (Å²) in [6.07, 6.45) is 0.902. The highest BCUT2D eigenvalue weighted by molar-refractivity contribution is 7.99. The molecule has 0 aromatic heterocycles. The number of amides is 1. The van der Waals surface area contributed by atoms with Crippen LogP contribution in [-0.4, -0.2) is 36.8 Å². The lowest BCUT2D eigenvalue weighted by Crippen LogP contribution is -2.33. The van der Waals surface area contributed by atoms with Crippen LogP contribution in [0.3, 0.4) is 0 Å². The first-order valence-electron chi connectivity index (χ1n) is 7.98. The van der Waals surface area contributed by atoms with Crippen molar-refractivity contribution in [2.24, 2.45) is 0 Å². The molecule has 24 heavy (non-hydrogen) atoms. The number of hydrogen-bond donors (Lipinski definition) is 0. The van der Waals surface area contributed by atoms with Gasteiger partial charge in [0.05, 0.1) is 7.11 Å². The number of hydrogen-bond acceptors (Lipinski definition) is 3. The molecule has 0 spiro atoms. The van der Waals surface area contributed by atoms with Crippen molar-refractivity contribution in [2.75, 3.05) is 26.0 Å². The Kier molecular flexibility index (Phi) is 5.41. The highest BCUT2D eigenvalue weighted by Crippen LogP contribution is 2.34. The Hall–Kier alpha value is -2.01. The van der Waals surface area contributed by atoms with Gasteiger partial charge < -0.3 is 9.64 Å². The van der Waals surface area contributed by atoms with Crippen LogP contribution in [0, 0.1) is 5.82 Å². The van der Waals surface area contributed by atoms with E-state index >= 15 is 0 Å². The first-order chi connectivity index (χ1) is 11.7. The molecule has 0 saturated carbocycles. The fourth-order valence-corrected chi connectivity index (χ4v) is 4.12. The molecule has 1 fully saturated rings. The van der Waals surface area contributed by atoms with Gasteiger partial charge in [-0.25, -0.2) is 4.39 Å². The summed E-state index contributed by atoms with van der Waals surface area (Å²) >= 11 is 1.87. The number of thioether (sulfide) groups is 1. The molecule has 126 valence electrons. The Morgan fingerprint density at radius 3 is 2.71 bits per heavy atom. The summed E-state index contributed by atoms with van der Waals surface area (Å²) < 4.78 is 18.7. The second kappa shape index (κ2) is 7.71. The van der Waals surface area contributed by atoms with Crippen molar-refractivity contribution in [3.05, 3.63) is 65.5 Å². The van der Waals surface area contributed by atoms with Crippen LogP contribution in [0.2, 0.25) is 0 Å². The Balaban J connectivity index is 1.69. The van der Waals surface area contributed by atoms with Gasteiger partial charge in [0.1, 0.15) is 0 Å². The van der Waals surface area contributed by atoms with Gasteiger partial charge >= 0.3 is 0 Å². The molecule has 0 radical (unpaired) electrons. The molecule has 1 aliphatic heterocycles. The Morgan fingerprint density at radius 1 is 1.21 bits per heavy atom. The summed E-state index contributed by atoms with van der Waals surface area (Å²) in [4.78, 5) is 14.5.